The van der Waals surface area contributed by atoms with Gasteiger partial charge in [-0.1, -0.05) is 23.2 Å². The van der Waals surface area contributed by atoms with Crippen LogP contribution in [-0.2, 0) is 0 Å². The number of hydrogen-bond acceptors (Lipinski definition) is 4. The van der Waals surface area contributed by atoms with Crippen LogP contribution in [0.4, 0.5) is 0 Å². The molecule has 1 aromatic carbocycles. The molecule has 1 heterocycles. The van der Waals surface area contributed by atoms with Gasteiger partial charge in [0.05, 0.1) is 19.2 Å². The van der Waals surface area contributed by atoms with Crippen molar-refractivity contribution in [3.8, 4) is 11.5 Å². The van der Waals surface area contributed by atoms with Crippen LogP contribution < -0.4 is 14.8 Å². The smallest absolute Gasteiger partial charge is 0.179 e. The first-order valence-corrected chi connectivity index (χ1v) is 7.95. The minimum Gasteiger partial charge on any atom is -0.493 e. The SMILES string of the molecule is C=C(C)C[C@H](c1ccc(OC)c(OC)c1Cl)N1CCNCC1. The third kappa shape index (κ3) is 3.75. The number of methoxy groups -OCH3 is 2. The summed E-state index contributed by atoms with van der Waals surface area (Å²) in [5, 5.41) is 4.02. The zero-order valence-electron chi connectivity index (χ0n) is 13.6. The molecule has 2 rings (SSSR count). The number of ether oxygens (including phenoxy) is 2. The van der Waals surface area contributed by atoms with Gasteiger partial charge >= 0.3 is 0 Å². The maximum Gasteiger partial charge on any atom is 0.179 e. The lowest BCUT2D eigenvalue weighted by atomic mass is 9.97. The highest BCUT2D eigenvalue weighted by Crippen LogP contribution is 2.42. The molecule has 1 atom stereocenters. The molecule has 0 spiro atoms. The minimum atomic E-state index is 0.215. The van der Waals surface area contributed by atoms with Gasteiger partial charge in [0, 0.05) is 32.2 Å². The van der Waals surface area contributed by atoms with Crippen LogP contribution in [0.15, 0.2) is 24.3 Å². The summed E-state index contributed by atoms with van der Waals surface area (Å²) in [5.41, 5.74) is 2.22. The van der Waals surface area contributed by atoms with Gasteiger partial charge in [0.2, 0.25) is 0 Å². The molecule has 1 aliphatic rings. The van der Waals surface area contributed by atoms with Crippen molar-refractivity contribution in [3.05, 3.63) is 34.9 Å². The molecule has 0 radical (unpaired) electrons. The number of nitrogens with one attached hydrogen (secondary N) is 1. The molecule has 5 heteroatoms. The summed E-state index contributed by atoms with van der Waals surface area (Å²) >= 11 is 6.61. The molecule has 1 N–H and O–H groups in total. The number of rotatable bonds is 6. The van der Waals surface area contributed by atoms with Crippen LogP contribution >= 0.6 is 11.6 Å². The van der Waals surface area contributed by atoms with Crippen molar-refractivity contribution >= 4 is 11.6 Å². The molecule has 0 saturated carbocycles. The fourth-order valence-corrected chi connectivity index (χ4v) is 3.28. The Morgan fingerprint density at radius 2 is 2.00 bits per heavy atom. The lowest BCUT2D eigenvalue weighted by molar-refractivity contribution is 0.172. The van der Waals surface area contributed by atoms with E-state index in [0.29, 0.717) is 16.5 Å². The third-order valence-electron chi connectivity index (χ3n) is 4.01. The molecule has 1 saturated heterocycles. The summed E-state index contributed by atoms with van der Waals surface area (Å²) in [4.78, 5) is 2.46. The maximum absolute atomic E-state index is 6.61. The van der Waals surface area contributed by atoms with E-state index in [0.717, 1.165) is 43.7 Å². The second kappa shape index (κ2) is 7.86. The topological polar surface area (TPSA) is 33.7 Å². The lowest BCUT2D eigenvalue weighted by Crippen LogP contribution is -2.45. The molecule has 4 nitrogen and oxygen atoms in total. The highest BCUT2D eigenvalue weighted by molar-refractivity contribution is 6.33. The van der Waals surface area contributed by atoms with E-state index >= 15 is 0 Å². The number of benzene rings is 1. The van der Waals surface area contributed by atoms with E-state index in [1.807, 2.05) is 12.1 Å². The number of hydrogen-bond donors (Lipinski definition) is 1. The van der Waals surface area contributed by atoms with Crippen molar-refractivity contribution in [1.82, 2.24) is 10.2 Å². The maximum atomic E-state index is 6.61. The molecule has 0 unspecified atom stereocenters. The van der Waals surface area contributed by atoms with Gasteiger partial charge in [-0.15, -0.1) is 6.58 Å². The van der Waals surface area contributed by atoms with Crippen LogP contribution in [0.3, 0.4) is 0 Å². The van der Waals surface area contributed by atoms with Gasteiger partial charge < -0.3 is 14.8 Å². The molecule has 0 bridgehead atoms. The van der Waals surface area contributed by atoms with Gasteiger partial charge in [-0.05, 0) is 25.0 Å². The summed E-state index contributed by atoms with van der Waals surface area (Å²) in [5.74, 6) is 1.26. The van der Waals surface area contributed by atoms with Crippen LogP contribution in [0, 0.1) is 0 Å². The summed E-state index contributed by atoms with van der Waals surface area (Å²) in [6.45, 7) is 10.1. The van der Waals surface area contributed by atoms with Gasteiger partial charge in [0.15, 0.2) is 11.5 Å². The van der Waals surface area contributed by atoms with Crippen LogP contribution in [0.25, 0.3) is 0 Å². The highest BCUT2D eigenvalue weighted by Gasteiger charge is 2.26. The predicted molar refractivity (Wildman–Crippen MR) is 91.2 cm³/mol. The molecule has 122 valence electrons. The standard InChI is InChI=1S/C17H25ClN2O2/c1-12(2)11-14(20-9-7-19-8-10-20)13-5-6-15(21-3)17(22-4)16(13)18/h5-6,14,19H,1,7-11H2,2-4H3/t14-/m1/s1. The molecule has 1 aromatic rings. The number of piperazine rings is 1. The van der Waals surface area contributed by atoms with Crippen molar-refractivity contribution in [2.24, 2.45) is 0 Å². The van der Waals surface area contributed by atoms with Gasteiger partial charge in [0.25, 0.3) is 0 Å². The van der Waals surface area contributed by atoms with E-state index in [1.54, 1.807) is 14.2 Å². The monoisotopic (exact) mass is 324 g/mol. The number of nitrogens with zero attached hydrogens (tertiary/aromatic N) is 1. The molecular formula is C17H25ClN2O2. The Morgan fingerprint density at radius 3 is 2.55 bits per heavy atom. The van der Waals surface area contributed by atoms with Crippen molar-refractivity contribution in [2.75, 3.05) is 40.4 Å². The van der Waals surface area contributed by atoms with Gasteiger partial charge in [-0.3, -0.25) is 4.90 Å². The Morgan fingerprint density at radius 1 is 1.32 bits per heavy atom. The quantitative estimate of drug-likeness (QED) is 0.814. The molecule has 0 aromatic heterocycles. The molecule has 0 aliphatic carbocycles. The first-order chi connectivity index (χ1) is 10.6. The second-order valence-electron chi connectivity index (χ2n) is 5.67. The molecular weight excluding hydrogens is 300 g/mol. The zero-order valence-corrected chi connectivity index (χ0v) is 14.4. The summed E-state index contributed by atoms with van der Waals surface area (Å²) < 4.78 is 10.8. The van der Waals surface area contributed by atoms with E-state index < -0.39 is 0 Å². The largest absolute Gasteiger partial charge is 0.493 e. The Balaban J connectivity index is 2.40. The van der Waals surface area contributed by atoms with Crippen LogP contribution in [0.2, 0.25) is 5.02 Å². The van der Waals surface area contributed by atoms with E-state index in [2.05, 4.69) is 23.7 Å². The fourth-order valence-electron chi connectivity index (χ4n) is 2.92. The molecule has 1 fully saturated rings. The summed E-state index contributed by atoms with van der Waals surface area (Å²) in [6, 6.07) is 4.18. The Kier molecular flexibility index (Phi) is 6.12. The normalized spacial score (nSPS) is 17.1. The summed E-state index contributed by atoms with van der Waals surface area (Å²) in [7, 11) is 3.24. The first-order valence-electron chi connectivity index (χ1n) is 7.58. The molecule has 1 aliphatic heterocycles. The van der Waals surface area contributed by atoms with E-state index in [9.17, 15) is 0 Å². The summed E-state index contributed by atoms with van der Waals surface area (Å²) in [6.07, 6.45) is 0.884. The fraction of sp³-hybridized carbons (Fsp3) is 0.529. The van der Waals surface area contributed by atoms with Gasteiger partial charge in [0.1, 0.15) is 0 Å². The Hall–Kier alpha value is -1.23. The van der Waals surface area contributed by atoms with Gasteiger partial charge in [-0.2, -0.15) is 0 Å². The van der Waals surface area contributed by atoms with Crippen LogP contribution in [-0.4, -0.2) is 45.3 Å². The predicted octanol–water partition coefficient (Wildman–Crippen LogP) is 3.27. The highest BCUT2D eigenvalue weighted by atomic mass is 35.5. The van der Waals surface area contributed by atoms with Crippen molar-refractivity contribution in [2.45, 2.75) is 19.4 Å². The average Bonchev–Trinajstić information content (AvgIpc) is 2.53. The third-order valence-corrected chi connectivity index (χ3v) is 4.40. The Bertz CT molecular complexity index is 528. The van der Waals surface area contributed by atoms with Gasteiger partial charge in [-0.25, -0.2) is 0 Å². The van der Waals surface area contributed by atoms with Crippen molar-refractivity contribution < 1.29 is 9.47 Å². The average molecular weight is 325 g/mol. The number of halogens is 1. The molecule has 0 amide bonds. The molecule has 22 heavy (non-hydrogen) atoms. The zero-order chi connectivity index (χ0) is 16.1. The van der Waals surface area contributed by atoms with Crippen LogP contribution in [0.1, 0.15) is 24.9 Å². The van der Waals surface area contributed by atoms with E-state index in [4.69, 9.17) is 21.1 Å². The Labute approximate surface area is 138 Å². The lowest BCUT2D eigenvalue weighted by Gasteiger charge is -2.36. The van der Waals surface area contributed by atoms with E-state index in [-0.39, 0.29) is 6.04 Å². The second-order valence-corrected chi connectivity index (χ2v) is 6.05. The minimum absolute atomic E-state index is 0.215. The van der Waals surface area contributed by atoms with Crippen molar-refractivity contribution in [3.63, 3.8) is 0 Å². The van der Waals surface area contributed by atoms with Crippen LogP contribution in [0.5, 0.6) is 11.5 Å². The first kappa shape index (κ1) is 17.1. The van der Waals surface area contributed by atoms with Crippen molar-refractivity contribution in [1.29, 1.82) is 0 Å². The van der Waals surface area contributed by atoms with E-state index in [1.165, 1.54) is 0 Å².